The molecule has 1 fully saturated rings. The summed E-state index contributed by atoms with van der Waals surface area (Å²) >= 11 is 0. The van der Waals surface area contributed by atoms with Crippen molar-refractivity contribution in [2.75, 3.05) is 20.1 Å². The van der Waals surface area contributed by atoms with E-state index in [2.05, 4.69) is 5.10 Å². The van der Waals surface area contributed by atoms with Gasteiger partial charge >= 0.3 is 12.0 Å². The molecule has 110 valence electrons. The van der Waals surface area contributed by atoms with E-state index in [4.69, 9.17) is 5.11 Å². The molecule has 1 aromatic heterocycles. The van der Waals surface area contributed by atoms with Gasteiger partial charge in [-0.3, -0.25) is 9.48 Å². The molecule has 7 nitrogen and oxygen atoms in total. The number of carboxylic acids is 1. The molecule has 0 bridgehead atoms. The van der Waals surface area contributed by atoms with Crippen LogP contribution in [0, 0.1) is 5.92 Å². The first-order valence-corrected chi connectivity index (χ1v) is 6.67. The van der Waals surface area contributed by atoms with Crippen molar-refractivity contribution in [1.29, 1.82) is 0 Å². The van der Waals surface area contributed by atoms with Crippen molar-refractivity contribution in [3.63, 3.8) is 0 Å². The Bertz CT molecular complexity index is 492. The van der Waals surface area contributed by atoms with Gasteiger partial charge in [0.05, 0.1) is 18.7 Å². The Morgan fingerprint density at radius 1 is 1.45 bits per heavy atom. The van der Waals surface area contributed by atoms with Crippen LogP contribution in [0.2, 0.25) is 0 Å². The van der Waals surface area contributed by atoms with Crippen molar-refractivity contribution in [3.05, 3.63) is 18.0 Å². The van der Waals surface area contributed by atoms with Crippen molar-refractivity contribution in [2.24, 2.45) is 13.0 Å². The number of hydrogen-bond donors (Lipinski definition) is 1. The van der Waals surface area contributed by atoms with Gasteiger partial charge in [0.15, 0.2) is 0 Å². The molecule has 20 heavy (non-hydrogen) atoms. The summed E-state index contributed by atoms with van der Waals surface area (Å²) in [5.74, 6) is -1.08. The number of carboxylic acid groups (broad SMARTS) is 1. The summed E-state index contributed by atoms with van der Waals surface area (Å²) in [6.07, 6.45) is 4.67. The molecular formula is C13H20N4O3. The van der Waals surface area contributed by atoms with E-state index in [9.17, 15) is 9.59 Å². The number of rotatable bonds is 3. The van der Waals surface area contributed by atoms with Crippen molar-refractivity contribution >= 4 is 12.0 Å². The maximum atomic E-state index is 12.3. The number of aliphatic carboxylic acids is 1. The van der Waals surface area contributed by atoms with Crippen molar-refractivity contribution < 1.29 is 14.7 Å². The van der Waals surface area contributed by atoms with E-state index < -0.39 is 5.97 Å². The van der Waals surface area contributed by atoms with Crippen LogP contribution in [0.5, 0.6) is 0 Å². The molecule has 0 unspecified atom stereocenters. The number of urea groups is 1. The minimum atomic E-state index is -0.763. The number of carbonyl (C=O) groups excluding carboxylic acids is 1. The number of carbonyl (C=O) groups is 2. The summed E-state index contributed by atoms with van der Waals surface area (Å²) in [6, 6.07) is -0.0577. The smallest absolute Gasteiger partial charge is 0.320 e. The molecule has 0 atom stereocenters. The van der Waals surface area contributed by atoms with E-state index in [1.54, 1.807) is 27.7 Å². The molecule has 1 N–H and O–H groups in total. The number of piperidine rings is 1. The Morgan fingerprint density at radius 2 is 2.10 bits per heavy atom. The summed E-state index contributed by atoms with van der Waals surface area (Å²) in [5.41, 5.74) is 0.976. The third-order valence-corrected chi connectivity index (χ3v) is 3.62. The first-order valence-electron chi connectivity index (χ1n) is 6.67. The van der Waals surface area contributed by atoms with Crippen LogP contribution >= 0.6 is 0 Å². The highest BCUT2D eigenvalue weighted by atomic mass is 16.4. The van der Waals surface area contributed by atoms with Crippen LogP contribution in [-0.2, 0) is 18.4 Å². The predicted octanol–water partition coefficient (Wildman–Crippen LogP) is 0.768. The lowest BCUT2D eigenvalue weighted by Gasteiger charge is -2.33. The molecule has 0 saturated carbocycles. The molecule has 2 heterocycles. The van der Waals surface area contributed by atoms with Crippen molar-refractivity contribution in [3.8, 4) is 0 Å². The second-order valence-electron chi connectivity index (χ2n) is 5.26. The minimum Gasteiger partial charge on any atom is -0.481 e. The van der Waals surface area contributed by atoms with E-state index in [0.717, 1.165) is 5.56 Å². The number of amides is 2. The monoisotopic (exact) mass is 280 g/mol. The van der Waals surface area contributed by atoms with Crippen LogP contribution in [0.1, 0.15) is 18.4 Å². The van der Waals surface area contributed by atoms with Gasteiger partial charge in [-0.1, -0.05) is 0 Å². The molecule has 2 rings (SSSR count). The molecule has 0 spiro atoms. The molecule has 7 heteroatoms. The Labute approximate surface area is 117 Å². The molecule has 1 aliphatic heterocycles. The Kier molecular flexibility index (Phi) is 4.26. The van der Waals surface area contributed by atoms with Gasteiger partial charge < -0.3 is 14.9 Å². The lowest BCUT2D eigenvalue weighted by molar-refractivity contribution is -0.143. The second kappa shape index (κ2) is 5.94. The topological polar surface area (TPSA) is 78.7 Å². The predicted molar refractivity (Wildman–Crippen MR) is 72.0 cm³/mol. The van der Waals surface area contributed by atoms with Gasteiger partial charge in [0, 0.05) is 38.9 Å². The largest absolute Gasteiger partial charge is 0.481 e. The molecule has 0 aliphatic carbocycles. The molecule has 0 radical (unpaired) electrons. The van der Waals surface area contributed by atoms with E-state index in [-0.39, 0.29) is 11.9 Å². The zero-order valence-electron chi connectivity index (χ0n) is 11.8. The molecule has 0 aromatic carbocycles. The van der Waals surface area contributed by atoms with E-state index in [0.29, 0.717) is 32.5 Å². The fourth-order valence-corrected chi connectivity index (χ4v) is 2.45. The van der Waals surface area contributed by atoms with Gasteiger partial charge in [-0.15, -0.1) is 0 Å². The Hall–Kier alpha value is -2.05. The van der Waals surface area contributed by atoms with E-state index in [1.807, 2.05) is 13.2 Å². The van der Waals surface area contributed by atoms with Gasteiger partial charge in [-0.2, -0.15) is 5.10 Å². The van der Waals surface area contributed by atoms with Gasteiger partial charge in [0.25, 0.3) is 0 Å². The summed E-state index contributed by atoms with van der Waals surface area (Å²) in [6.45, 7) is 1.52. The summed E-state index contributed by atoms with van der Waals surface area (Å²) in [7, 11) is 3.58. The first kappa shape index (κ1) is 14.4. The first-order chi connectivity index (χ1) is 9.47. The number of likely N-dealkylation sites (tertiary alicyclic amines) is 1. The van der Waals surface area contributed by atoms with Crippen molar-refractivity contribution in [2.45, 2.75) is 19.4 Å². The number of nitrogens with zero attached hydrogens (tertiary/aromatic N) is 4. The van der Waals surface area contributed by atoms with Gasteiger partial charge in [0.1, 0.15) is 0 Å². The normalized spacial score (nSPS) is 16.2. The molecule has 2 amide bonds. The average Bonchev–Trinajstić information content (AvgIpc) is 2.83. The zero-order valence-corrected chi connectivity index (χ0v) is 11.8. The minimum absolute atomic E-state index is 0.0577. The maximum Gasteiger partial charge on any atom is 0.320 e. The van der Waals surface area contributed by atoms with Crippen LogP contribution in [0.3, 0.4) is 0 Å². The fourth-order valence-electron chi connectivity index (χ4n) is 2.45. The fraction of sp³-hybridized carbons (Fsp3) is 0.615. The highest BCUT2D eigenvalue weighted by molar-refractivity contribution is 5.75. The highest BCUT2D eigenvalue weighted by Gasteiger charge is 2.28. The standard InChI is InChI=1S/C13H20N4O3/c1-15(8-10-7-14-16(2)9-10)13(20)17-5-3-11(4-6-17)12(18)19/h7,9,11H,3-6,8H2,1-2H3,(H,18,19). The zero-order chi connectivity index (χ0) is 14.7. The maximum absolute atomic E-state index is 12.3. The SMILES string of the molecule is CN(Cc1cnn(C)c1)C(=O)N1CCC(C(=O)O)CC1. The van der Waals surface area contributed by atoms with Crippen LogP contribution < -0.4 is 0 Å². The van der Waals surface area contributed by atoms with Gasteiger partial charge in [-0.05, 0) is 12.8 Å². The van der Waals surface area contributed by atoms with Crippen molar-refractivity contribution in [1.82, 2.24) is 19.6 Å². The van der Waals surface area contributed by atoms with Crippen LogP contribution in [-0.4, -0.2) is 56.8 Å². The van der Waals surface area contributed by atoms with Crippen LogP contribution in [0.25, 0.3) is 0 Å². The molecule has 1 aliphatic rings. The van der Waals surface area contributed by atoms with E-state index in [1.165, 1.54) is 0 Å². The molecule has 1 saturated heterocycles. The third-order valence-electron chi connectivity index (χ3n) is 3.62. The lowest BCUT2D eigenvalue weighted by Crippen LogP contribution is -2.45. The Morgan fingerprint density at radius 3 is 2.60 bits per heavy atom. The van der Waals surface area contributed by atoms with Crippen LogP contribution in [0.15, 0.2) is 12.4 Å². The number of aromatic nitrogens is 2. The van der Waals surface area contributed by atoms with Gasteiger partial charge in [0.2, 0.25) is 0 Å². The third kappa shape index (κ3) is 3.28. The average molecular weight is 280 g/mol. The Balaban J connectivity index is 1.86. The number of hydrogen-bond acceptors (Lipinski definition) is 3. The molecular weight excluding hydrogens is 260 g/mol. The quantitative estimate of drug-likeness (QED) is 0.887. The van der Waals surface area contributed by atoms with E-state index >= 15 is 0 Å². The highest BCUT2D eigenvalue weighted by Crippen LogP contribution is 2.18. The van der Waals surface area contributed by atoms with Gasteiger partial charge in [-0.25, -0.2) is 4.79 Å². The number of aryl methyl sites for hydroxylation is 1. The summed E-state index contributed by atoms with van der Waals surface area (Å²) < 4.78 is 1.70. The summed E-state index contributed by atoms with van der Waals surface area (Å²) in [4.78, 5) is 26.5. The molecule has 1 aromatic rings. The van der Waals surface area contributed by atoms with Crippen LogP contribution in [0.4, 0.5) is 4.79 Å². The second-order valence-corrected chi connectivity index (χ2v) is 5.26. The summed E-state index contributed by atoms with van der Waals surface area (Å²) in [5, 5.41) is 13.0. The lowest BCUT2D eigenvalue weighted by atomic mass is 9.97.